The molecule has 0 radical (unpaired) electrons. The zero-order valence-electron chi connectivity index (χ0n) is 78.4. The quantitative estimate of drug-likeness (QED) is 0.135. The van der Waals surface area contributed by atoms with Crippen LogP contribution >= 0.6 is 21.4 Å². The van der Waals surface area contributed by atoms with E-state index in [-0.39, 0.29) is 0 Å². The molecule has 0 bridgehead atoms. The van der Waals surface area contributed by atoms with E-state index in [1.54, 1.807) is 0 Å². The van der Waals surface area contributed by atoms with Crippen LogP contribution in [-0.4, -0.2) is 13.7 Å². The highest BCUT2D eigenvalue weighted by Gasteiger charge is 2.47. The number of fused-ring (bicyclic) bond motifs is 29. The van der Waals surface area contributed by atoms with E-state index in [9.17, 15) is 0 Å². The summed E-state index contributed by atoms with van der Waals surface area (Å²) in [4.78, 5) is 0. The van der Waals surface area contributed by atoms with Crippen LogP contribution in [0.3, 0.4) is 0 Å². The van der Waals surface area contributed by atoms with Gasteiger partial charge in [-0.2, -0.15) is 0 Å². The van der Waals surface area contributed by atoms with E-state index in [0.717, 1.165) is 169 Å². The molecule has 9 heteroatoms. The zero-order valence-corrected chi connectivity index (χ0v) is 81.1. The Balaban J connectivity index is 0.000000102. The average Bonchev–Trinajstić information content (AvgIpc) is 1.51. The SMILES string of the molecule is O=P1(c2ccccc2)c2ccccc2-c2ccc3c(c21)c1ccccc1n3-c1cc(-c2ccccc2)c2c(c1-c1ccccc1)-c1cccc3cccc-2c13.O=P1(c2ccccc2)c2ccccc2-c2ccc3c(c21)c1ccccc1n3-c1ccc2c(c1)-c1cccc3cccc-2c13.O=P1(c2ccccc2)c2ccccc2-c2ccc3c(c21)c1ccccc1n3-c1cccc2c(-c3cccc4ccccc34)cccc12. The normalized spacial score (nSPS) is 15.5. The lowest BCUT2D eigenvalue weighted by Crippen LogP contribution is -2.21. The first kappa shape index (κ1) is 83.2. The predicted molar refractivity (Wildman–Crippen MR) is 613 cm³/mol. The van der Waals surface area contributed by atoms with E-state index in [4.69, 9.17) is 0 Å². The number of hydrogen-bond acceptors (Lipinski definition) is 3. The molecular formula is C136H84N3O3P3. The van der Waals surface area contributed by atoms with Crippen LogP contribution in [0.15, 0.2) is 510 Å². The lowest BCUT2D eigenvalue weighted by Gasteiger charge is -2.22. The predicted octanol–water partition coefficient (Wildman–Crippen LogP) is 32.1. The van der Waals surface area contributed by atoms with Gasteiger partial charge in [0.1, 0.15) is 0 Å². The second-order valence-electron chi connectivity index (χ2n) is 38.7. The minimum Gasteiger partial charge on any atom is -0.309 e. The Labute approximate surface area is 836 Å². The molecule has 6 nitrogen and oxygen atoms in total. The first-order valence-corrected chi connectivity index (χ1v) is 54.8. The third-order valence-corrected chi connectivity index (χ3v) is 41.0. The molecular weight excluding hydrogens is 1820 g/mol. The van der Waals surface area contributed by atoms with Crippen molar-refractivity contribution < 1.29 is 13.7 Å². The van der Waals surface area contributed by atoms with Gasteiger partial charge in [0.2, 0.25) is 0 Å². The van der Waals surface area contributed by atoms with Crippen LogP contribution in [0.4, 0.5) is 0 Å². The van der Waals surface area contributed by atoms with Crippen molar-refractivity contribution in [2.45, 2.75) is 0 Å². The lowest BCUT2D eigenvalue weighted by atomic mass is 9.86. The summed E-state index contributed by atoms with van der Waals surface area (Å²) < 4.78 is 54.8. The molecule has 0 N–H and O–H groups in total. The summed E-state index contributed by atoms with van der Waals surface area (Å²) >= 11 is 0. The van der Waals surface area contributed by atoms with Crippen molar-refractivity contribution in [1.82, 2.24) is 13.7 Å². The van der Waals surface area contributed by atoms with E-state index < -0.39 is 21.4 Å². The van der Waals surface area contributed by atoms with Crippen LogP contribution in [0.1, 0.15) is 0 Å². The number of nitrogens with zero attached hydrogens (tertiary/aromatic N) is 3. The summed E-state index contributed by atoms with van der Waals surface area (Å²) in [5.41, 5.74) is 33.6. The fraction of sp³-hybridized carbons (Fsp3) is 0. The summed E-state index contributed by atoms with van der Waals surface area (Å²) in [6.07, 6.45) is 0. The van der Waals surface area contributed by atoms with Crippen LogP contribution in [0.5, 0.6) is 0 Å². The van der Waals surface area contributed by atoms with E-state index in [1.165, 1.54) is 115 Å². The summed E-state index contributed by atoms with van der Waals surface area (Å²) in [6, 6.07) is 180. The first-order chi connectivity index (χ1) is 71.7. The maximum Gasteiger partial charge on any atom is 0.172 e. The molecule has 145 heavy (non-hydrogen) atoms. The van der Waals surface area contributed by atoms with E-state index in [0.29, 0.717) is 0 Å². The Morgan fingerprint density at radius 1 is 0.159 bits per heavy atom. The van der Waals surface area contributed by atoms with Gasteiger partial charge in [-0.1, -0.05) is 449 Å². The summed E-state index contributed by atoms with van der Waals surface area (Å²) in [7, 11) is -9.54. The number of para-hydroxylation sites is 3. The summed E-state index contributed by atoms with van der Waals surface area (Å²) in [5, 5.41) is 24.8. The molecule has 3 aromatic heterocycles. The third kappa shape index (κ3) is 11.8. The Morgan fingerprint density at radius 3 is 0.993 bits per heavy atom. The van der Waals surface area contributed by atoms with Crippen LogP contribution in [0, 0.1) is 0 Å². The van der Waals surface area contributed by atoms with Gasteiger partial charge in [0, 0.05) is 102 Å². The second kappa shape index (κ2) is 32.0. The minimum absolute atomic E-state index is 0.866. The Bertz CT molecular complexity index is 10400. The standard InChI is InChI=1S/C52H32NOP.C44H28NOP.C40H24NOP/c54-55(36-22-8-3-9-23-36)46-29-13-11-24-37(46)38-30-31-44-50(52(38)55)39-25-10-12-28-43(39)53(44)45-32-42(33-16-4-1-5-17-33)49-40-26-14-20-34-21-15-27-41(47(34)40)51(49)48(45)35-18-6-2-7-19-35;46-47(30-15-2-1-3-16-30)42-26-9-7-18-36(42)37-27-28-41-43(44(37)47)38-19-6-8-24-40(38)45(41)39-25-12-22-34-33(21-11-23-35(34)39)32-20-10-14-29-13-4-5-17-31(29)32;42-43(27-12-2-1-3-13-27)37-19-7-5-14-29(37)32-22-23-36-39(40(32)43)33-15-4-6-18-35(33)41(36)26-20-21-28-30-16-8-10-25-11-9-17-31(38(25)30)34(28)24-26/h1-32H;1-28H;1-24H. The van der Waals surface area contributed by atoms with Crippen LogP contribution in [0.2, 0.25) is 0 Å². The Morgan fingerprint density at radius 2 is 0.490 bits per heavy atom. The van der Waals surface area contributed by atoms with Crippen molar-refractivity contribution >= 4 is 178 Å². The average molecular weight is 1900 g/mol. The van der Waals surface area contributed by atoms with Gasteiger partial charge in [-0.15, -0.1) is 0 Å². The smallest absolute Gasteiger partial charge is 0.172 e. The molecule has 3 unspecified atom stereocenters. The fourth-order valence-corrected chi connectivity index (χ4v) is 35.4. The molecule has 0 saturated heterocycles. The topological polar surface area (TPSA) is 66.0 Å². The van der Waals surface area contributed by atoms with Gasteiger partial charge in [-0.3, -0.25) is 0 Å². The molecule has 676 valence electrons. The van der Waals surface area contributed by atoms with Gasteiger partial charge in [0.05, 0.1) is 44.5 Å². The second-order valence-corrected chi connectivity index (χ2v) is 46.7. The molecule has 3 aliphatic heterocycles. The molecule has 32 rings (SSSR count). The van der Waals surface area contributed by atoms with Crippen LogP contribution in [-0.2, 0) is 13.7 Å². The van der Waals surface area contributed by atoms with Crippen molar-refractivity contribution in [3.05, 3.63) is 510 Å². The highest BCUT2D eigenvalue weighted by molar-refractivity contribution is 7.88. The van der Waals surface area contributed by atoms with E-state index in [1.807, 2.05) is 109 Å². The maximum absolute atomic E-state index is 16.2. The minimum atomic E-state index is -3.25. The zero-order chi connectivity index (χ0) is 95.7. The van der Waals surface area contributed by atoms with Crippen LogP contribution < -0.4 is 47.7 Å². The van der Waals surface area contributed by atoms with Gasteiger partial charge in [0.15, 0.2) is 21.4 Å². The highest BCUT2D eigenvalue weighted by atomic mass is 31.2. The van der Waals surface area contributed by atoms with Gasteiger partial charge in [-0.25, -0.2) is 0 Å². The molecule has 2 aliphatic carbocycles. The van der Waals surface area contributed by atoms with Crippen molar-refractivity contribution in [3.63, 3.8) is 0 Å². The van der Waals surface area contributed by atoms with Crippen molar-refractivity contribution in [1.29, 1.82) is 0 Å². The Hall–Kier alpha value is -17.6. The van der Waals surface area contributed by atoms with Crippen molar-refractivity contribution in [2.75, 3.05) is 0 Å². The molecule has 3 atom stereocenters. The lowest BCUT2D eigenvalue weighted by molar-refractivity contribution is 0.592. The van der Waals surface area contributed by atoms with Gasteiger partial charge in [0.25, 0.3) is 0 Å². The van der Waals surface area contributed by atoms with Crippen molar-refractivity contribution in [3.8, 4) is 128 Å². The first-order valence-electron chi connectivity index (χ1n) is 49.7. The highest BCUT2D eigenvalue weighted by Crippen LogP contribution is 2.63. The largest absolute Gasteiger partial charge is 0.309 e. The van der Waals surface area contributed by atoms with Gasteiger partial charge < -0.3 is 27.4 Å². The summed E-state index contributed by atoms with van der Waals surface area (Å²) in [5.74, 6) is 0. The fourth-order valence-electron chi connectivity index (χ4n) is 25.6. The molecule has 0 fully saturated rings. The molecule has 5 aliphatic rings. The van der Waals surface area contributed by atoms with E-state index in [2.05, 4.69) is 414 Å². The maximum atomic E-state index is 16.2. The monoisotopic (exact) mass is 1900 g/mol. The van der Waals surface area contributed by atoms with Gasteiger partial charge in [-0.05, 0) is 199 Å². The number of benzene rings is 24. The molecule has 0 spiro atoms. The molecule has 0 amide bonds. The number of rotatable bonds is 9. The molecule has 27 aromatic rings. The summed E-state index contributed by atoms with van der Waals surface area (Å²) in [6.45, 7) is 0. The van der Waals surface area contributed by atoms with Gasteiger partial charge >= 0.3 is 0 Å². The number of aromatic nitrogens is 3. The third-order valence-electron chi connectivity index (χ3n) is 31.4. The van der Waals surface area contributed by atoms with Crippen LogP contribution in [0.25, 0.3) is 237 Å². The molecule has 0 saturated carbocycles. The molecule has 24 aromatic carbocycles. The van der Waals surface area contributed by atoms with Crippen molar-refractivity contribution in [2.24, 2.45) is 0 Å². The molecule has 6 heterocycles. The Kier molecular flexibility index (Phi) is 18.3. The van der Waals surface area contributed by atoms with E-state index >= 15 is 13.7 Å². The number of hydrogen-bond donors (Lipinski definition) is 0.